The van der Waals surface area contributed by atoms with Gasteiger partial charge in [-0.3, -0.25) is 0 Å². The van der Waals surface area contributed by atoms with Gasteiger partial charge < -0.3 is 5.32 Å². The molecule has 3 rings (SSSR count). The number of benzene rings is 1. The zero-order chi connectivity index (χ0) is 13.6. The molecule has 100 valence electrons. The Morgan fingerprint density at radius 2 is 1.84 bits per heavy atom. The summed E-state index contributed by atoms with van der Waals surface area (Å²) in [5.41, 5.74) is 5.64. The van der Waals surface area contributed by atoms with Gasteiger partial charge in [0.25, 0.3) is 0 Å². The molecule has 2 atom stereocenters. The van der Waals surface area contributed by atoms with Gasteiger partial charge in [-0.25, -0.2) is 0 Å². The Kier molecular flexibility index (Phi) is 3.00. The molecule has 1 nitrogen and oxygen atoms in total. The van der Waals surface area contributed by atoms with E-state index < -0.39 is 0 Å². The molecule has 2 aliphatic rings. The van der Waals surface area contributed by atoms with Crippen molar-refractivity contribution in [2.24, 2.45) is 5.92 Å². The lowest BCUT2D eigenvalue weighted by molar-refractivity contribution is 0.732. The van der Waals surface area contributed by atoms with Gasteiger partial charge in [0.15, 0.2) is 0 Å². The monoisotopic (exact) mass is 253 g/mol. The van der Waals surface area contributed by atoms with Crippen LogP contribution in [0.2, 0.25) is 0 Å². The molecule has 1 heteroatoms. The molecule has 0 amide bonds. The van der Waals surface area contributed by atoms with Crippen LogP contribution in [-0.2, 0) is 0 Å². The molecule has 1 aromatic carbocycles. The Balaban J connectivity index is 1.94. The smallest absolute Gasteiger partial charge is 0.0554 e. The first kappa shape index (κ1) is 12.5. The van der Waals surface area contributed by atoms with Crippen molar-refractivity contribution in [2.75, 3.05) is 5.32 Å². The molecule has 0 aromatic heterocycles. The number of rotatable bonds is 2. The van der Waals surface area contributed by atoms with Gasteiger partial charge in [-0.2, -0.15) is 0 Å². The van der Waals surface area contributed by atoms with Crippen LogP contribution < -0.4 is 5.32 Å². The lowest BCUT2D eigenvalue weighted by Crippen LogP contribution is -2.20. The molecular weight excluding hydrogens is 230 g/mol. The predicted molar refractivity (Wildman–Crippen MR) is 82.7 cm³/mol. The van der Waals surface area contributed by atoms with Crippen LogP contribution in [0.5, 0.6) is 0 Å². The third kappa shape index (κ3) is 2.11. The van der Waals surface area contributed by atoms with Crippen LogP contribution >= 0.6 is 0 Å². The first-order valence-corrected chi connectivity index (χ1v) is 7.36. The van der Waals surface area contributed by atoms with E-state index in [2.05, 4.69) is 69.4 Å². The highest BCUT2D eigenvalue weighted by molar-refractivity contribution is 5.65. The minimum absolute atomic E-state index is 0.444. The molecule has 0 saturated carbocycles. The fourth-order valence-electron chi connectivity index (χ4n) is 3.04. The zero-order valence-corrected chi connectivity index (χ0v) is 12.3. The lowest BCUT2D eigenvalue weighted by atomic mass is 9.85. The molecule has 0 bridgehead atoms. The van der Waals surface area contributed by atoms with Crippen molar-refractivity contribution < 1.29 is 0 Å². The summed E-state index contributed by atoms with van der Waals surface area (Å²) in [5, 5.41) is 3.69. The molecule has 1 heterocycles. The molecule has 0 spiro atoms. The van der Waals surface area contributed by atoms with E-state index in [4.69, 9.17) is 0 Å². The van der Waals surface area contributed by atoms with Crippen LogP contribution in [0.25, 0.3) is 0 Å². The van der Waals surface area contributed by atoms with Crippen LogP contribution in [0.3, 0.4) is 0 Å². The first-order chi connectivity index (χ1) is 9.06. The third-order valence-electron chi connectivity index (χ3n) is 4.35. The normalized spacial score (nSPS) is 24.2. The maximum absolute atomic E-state index is 3.69. The summed E-state index contributed by atoms with van der Waals surface area (Å²) < 4.78 is 0. The summed E-state index contributed by atoms with van der Waals surface area (Å²) >= 11 is 0. The number of allylic oxidation sites excluding steroid dienone is 2. The van der Waals surface area contributed by atoms with Gasteiger partial charge in [-0.1, -0.05) is 58.1 Å². The Bertz CT molecular complexity index is 549. The minimum atomic E-state index is 0.444. The summed E-state index contributed by atoms with van der Waals surface area (Å²) in [6, 6.07) is 7.36. The van der Waals surface area contributed by atoms with Crippen molar-refractivity contribution in [3.63, 3.8) is 0 Å². The molecule has 0 fully saturated rings. The van der Waals surface area contributed by atoms with E-state index in [-0.39, 0.29) is 0 Å². The molecule has 0 radical (unpaired) electrons. The second-order valence-electron chi connectivity index (χ2n) is 6.38. The van der Waals surface area contributed by atoms with Crippen LogP contribution in [-0.4, -0.2) is 6.04 Å². The first-order valence-electron chi connectivity index (χ1n) is 7.36. The highest BCUT2D eigenvalue weighted by atomic mass is 15.0. The second kappa shape index (κ2) is 4.56. The van der Waals surface area contributed by atoms with E-state index in [1.165, 1.54) is 22.4 Å². The van der Waals surface area contributed by atoms with Crippen LogP contribution in [0.15, 0.2) is 42.0 Å². The maximum atomic E-state index is 3.69. The zero-order valence-electron chi connectivity index (χ0n) is 12.3. The summed E-state index contributed by atoms with van der Waals surface area (Å²) in [7, 11) is 0. The number of fused-ring (bicyclic) bond motifs is 3. The number of hydrogen-bond acceptors (Lipinski definition) is 1. The quantitative estimate of drug-likeness (QED) is 0.795. The van der Waals surface area contributed by atoms with Crippen molar-refractivity contribution in [3.05, 3.63) is 53.1 Å². The molecule has 1 aliphatic heterocycles. The van der Waals surface area contributed by atoms with Crippen molar-refractivity contribution in [2.45, 2.75) is 45.6 Å². The Hall–Kier alpha value is -1.50. The maximum Gasteiger partial charge on any atom is 0.0554 e. The summed E-state index contributed by atoms with van der Waals surface area (Å²) in [4.78, 5) is 0. The Morgan fingerprint density at radius 3 is 2.53 bits per heavy atom. The van der Waals surface area contributed by atoms with Gasteiger partial charge in [0.2, 0.25) is 0 Å². The third-order valence-corrected chi connectivity index (χ3v) is 4.35. The second-order valence-corrected chi connectivity index (χ2v) is 6.38. The van der Waals surface area contributed by atoms with E-state index in [9.17, 15) is 0 Å². The van der Waals surface area contributed by atoms with Crippen LogP contribution in [0.4, 0.5) is 5.69 Å². The van der Waals surface area contributed by atoms with E-state index in [1.807, 2.05) is 0 Å². The van der Waals surface area contributed by atoms with Crippen molar-refractivity contribution in [1.29, 1.82) is 0 Å². The van der Waals surface area contributed by atoms with E-state index in [1.54, 1.807) is 0 Å². The molecule has 0 saturated heterocycles. The average molecular weight is 253 g/mol. The number of nitrogens with one attached hydrogen (secondary N) is 1. The van der Waals surface area contributed by atoms with Crippen LogP contribution in [0.1, 0.15) is 50.7 Å². The largest absolute Gasteiger partial charge is 0.378 e. The summed E-state index contributed by atoms with van der Waals surface area (Å²) in [6.45, 7) is 9.02. The molecular formula is C18H23N. The van der Waals surface area contributed by atoms with Gasteiger partial charge in [0, 0.05) is 11.6 Å². The van der Waals surface area contributed by atoms with Gasteiger partial charge in [0.1, 0.15) is 0 Å². The highest BCUT2D eigenvalue weighted by Gasteiger charge is 2.31. The topological polar surface area (TPSA) is 12.0 Å². The number of anilines is 1. The van der Waals surface area contributed by atoms with Crippen molar-refractivity contribution in [1.82, 2.24) is 0 Å². The Labute approximate surface area is 116 Å². The fourth-order valence-corrected chi connectivity index (χ4v) is 3.04. The molecule has 2 unspecified atom stereocenters. The van der Waals surface area contributed by atoms with Gasteiger partial charge in [-0.15, -0.1) is 0 Å². The minimum Gasteiger partial charge on any atom is -0.378 e. The van der Waals surface area contributed by atoms with Crippen molar-refractivity contribution >= 4 is 5.69 Å². The van der Waals surface area contributed by atoms with E-state index >= 15 is 0 Å². The summed E-state index contributed by atoms with van der Waals surface area (Å²) in [6.07, 6.45) is 7.08. The van der Waals surface area contributed by atoms with Crippen molar-refractivity contribution in [3.8, 4) is 0 Å². The number of hydrogen-bond donors (Lipinski definition) is 1. The highest BCUT2D eigenvalue weighted by Crippen LogP contribution is 2.41. The molecule has 1 aliphatic carbocycles. The summed E-state index contributed by atoms with van der Waals surface area (Å²) in [5.74, 6) is 1.71. The molecule has 19 heavy (non-hydrogen) atoms. The van der Waals surface area contributed by atoms with Gasteiger partial charge in [0.05, 0.1) is 6.04 Å². The standard InChI is InChI=1S/C18H23N/c1-11(2)13-5-7-15-16-8-6-14(12(3)4)10-18(16)19-17(15)9-13/h5-12,15,17,19H,1-4H3. The van der Waals surface area contributed by atoms with Crippen LogP contribution in [0, 0.1) is 5.92 Å². The lowest BCUT2D eigenvalue weighted by Gasteiger charge is -2.21. The predicted octanol–water partition coefficient (Wildman–Crippen LogP) is 4.84. The molecule has 1 aromatic rings. The molecule has 1 N–H and O–H groups in total. The van der Waals surface area contributed by atoms with E-state index in [0.29, 0.717) is 23.8 Å². The Morgan fingerprint density at radius 1 is 1.05 bits per heavy atom. The van der Waals surface area contributed by atoms with Gasteiger partial charge >= 0.3 is 0 Å². The van der Waals surface area contributed by atoms with Gasteiger partial charge in [-0.05, 0) is 34.6 Å². The average Bonchev–Trinajstić information content (AvgIpc) is 2.74. The van der Waals surface area contributed by atoms with E-state index in [0.717, 1.165) is 0 Å². The SMILES string of the molecule is CC(C)C1=CC2Nc3cc(C(C)C)ccc3C2C=C1. The fraction of sp³-hybridized carbons (Fsp3) is 0.444.